The Morgan fingerprint density at radius 3 is 2.79 bits per heavy atom. The zero-order valence-corrected chi connectivity index (χ0v) is 10.8. The summed E-state index contributed by atoms with van der Waals surface area (Å²) >= 11 is 0. The molecule has 0 spiro atoms. The standard InChI is InChI=1S/C15H14FNO2/c1-10-6-7-13(16)12(9-10)15(18)19-11(2)14-5-3-4-8-17-14/h3-9,11H,1-2H3/t11-/m0/s1. The van der Waals surface area contributed by atoms with Gasteiger partial charge in [0.05, 0.1) is 11.3 Å². The van der Waals surface area contributed by atoms with Gasteiger partial charge in [-0.25, -0.2) is 9.18 Å². The van der Waals surface area contributed by atoms with Gasteiger partial charge in [-0.2, -0.15) is 0 Å². The number of carbonyl (C=O) groups is 1. The largest absolute Gasteiger partial charge is 0.452 e. The Morgan fingerprint density at radius 2 is 2.11 bits per heavy atom. The molecular formula is C15H14FNO2. The third kappa shape index (κ3) is 3.16. The molecule has 0 aliphatic carbocycles. The molecular weight excluding hydrogens is 245 g/mol. The Balaban J connectivity index is 2.15. The summed E-state index contributed by atoms with van der Waals surface area (Å²) in [4.78, 5) is 16.0. The maximum absolute atomic E-state index is 13.6. The number of hydrogen-bond donors (Lipinski definition) is 0. The van der Waals surface area contributed by atoms with Gasteiger partial charge in [0.2, 0.25) is 0 Å². The van der Waals surface area contributed by atoms with E-state index in [2.05, 4.69) is 4.98 Å². The summed E-state index contributed by atoms with van der Waals surface area (Å²) in [6.07, 6.45) is 1.10. The van der Waals surface area contributed by atoms with Crippen LogP contribution in [-0.2, 0) is 4.74 Å². The lowest BCUT2D eigenvalue weighted by molar-refractivity contribution is 0.0324. The number of ether oxygens (including phenoxy) is 1. The molecule has 0 aliphatic heterocycles. The third-order valence-electron chi connectivity index (χ3n) is 2.73. The zero-order chi connectivity index (χ0) is 13.8. The van der Waals surface area contributed by atoms with E-state index in [-0.39, 0.29) is 5.56 Å². The fourth-order valence-electron chi connectivity index (χ4n) is 1.70. The molecule has 2 aromatic rings. The van der Waals surface area contributed by atoms with Crippen molar-refractivity contribution in [3.05, 3.63) is 65.2 Å². The first-order valence-corrected chi connectivity index (χ1v) is 5.96. The van der Waals surface area contributed by atoms with E-state index in [1.165, 1.54) is 12.1 Å². The van der Waals surface area contributed by atoms with Gasteiger partial charge in [-0.05, 0) is 38.1 Å². The van der Waals surface area contributed by atoms with Crippen LogP contribution in [0.15, 0.2) is 42.6 Å². The molecule has 0 N–H and O–H groups in total. The number of pyridine rings is 1. The number of carbonyl (C=O) groups excluding carboxylic acids is 1. The van der Waals surface area contributed by atoms with Crippen molar-refractivity contribution in [1.82, 2.24) is 4.98 Å². The van der Waals surface area contributed by atoms with Crippen LogP contribution >= 0.6 is 0 Å². The highest BCUT2D eigenvalue weighted by molar-refractivity contribution is 5.90. The second kappa shape index (κ2) is 5.61. The molecule has 0 fully saturated rings. The molecule has 0 aliphatic rings. The molecule has 1 aromatic heterocycles. The highest BCUT2D eigenvalue weighted by Crippen LogP contribution is 2.18. The van der Waals surface area contributed by atoms with Crippen LogP contribution in [0.5, 0.6) is 0 Å². The molecule has 0 saturated heterocycles. The van der Waals surface area contributed by atoms with E-state index in [4.69, 9.17) is 4.74 Å². The Kier molecular flexibility index (Phi) is 3.90. The average molecular weight is 259 g/mol. The minimum absolute atomic E-state index is 0.0530. The first-order chi connectivity index (χ1) is 9.08. The maximum Gasteiger partial charge on any atom is 0.341 e. The van der Waals surface area contributed by atoms with E-state index < -0.39 is 17.9 Å². The summed E-state index contributed by atoms with van der Waals surface area (Å²) in [6, 6.07) is 9.68. The zero-order valence-electron chi connectivity index (χ0n) is 10.8. The quantitative estimate of drug-likeness (QED) is 0.792. The van der Waals surface area contributed by atoms with E-state index in [0.717, 1.165) is 5.56 Å². The predicted octanol–water partition coefficient (Wildman–Crippen LogP) is 3.45. The van der Waals surface area contributed by atoms with Gasteiger partial charge in [0.25, 0.3) is 0 Å². The molecule has 2 rings (SSSR count). The monoisotopic (exact) mass is 259 g/mol. The first-order valence-electron chi connectivity index (χ1n) is 5.96. The second-order valence-corrected chi connectivity index (χ2v) is 4.29. The van der Waals surface area contributed by atoms with Gasteiger partial charge in [0.1, 0.15) is 11.9 Å². The van der Waals surface area contributed by atoms with E-state index in [1.807, 2.05) is 0 Å². The number of rotatable bonds is 3. The summed E-state index contributed by atoms with van der Waals surface area (Å²) in [6.45, 7) is 3.49. The summed E-state index contributed by atoms with van der Waals surface area (Å²) in [5.74, 6) is -1.26. The van der Waals surface area contributed by atoms with Crippen LogP contribution in [0.25, 0.3) is 0 Å². The summed E-state index contributed by atoms with van der Waals surface area (Å²) in [5.41, 5.74) is 1.38. The topological polar surface area (TPSA) is 39.2 Å². The van der Waals surface area contributed by atoms with Crippen molar-refractivity contribution in [3.63, 3.8) is 0 Å². The first kappa shape index (κ1) is 13.2. The van der Waals surface area contributed by atoms with Crippen molar-refractivity contribution in [3.8, 4) is 0 Å². The fourth-order valence-corrected chi connectivity index (χ4v) is 1.70. The van der Waals surface area contributed by atoms with Crippen molar-refractivity contribution < 1.29 is 13.9 Å². The molecule has 0 radical (unpaired) electrons. The second-order valence-electron chi connectivity index (χ2n) is 4.29. The Bertz CT molecular complexity index is 584. The van der Waals surface area contributed by atoms with E-state index >= 15 is 0 Å². The molecule has 0 bridgehead atoms. The molecule has 0 unspecified atom stereocenters. The van der Waals surface area contributed by atoms with Crippen LogP contribution in [0.1, 0.15) is 34.6 Å². The highest BCUT2D eigenvalue weighted by Gasteiger charge is 2.17. The highest BCUT2D eigenvalue weighted by atomic mass is 19.1. The summed E-state index contributed by atoms with van der Waals surface area (Å²) in [5, 5.41) is 0. The van der Waals surface area contributed by atoms with Gasteiger partial charge in [0.15, 0.2) is 0 Å². The van der Waals surface area contributed by atoms with E-state index in [1.54, 1.807) is 44.3 Å². The van der Waals surface area contributed by atoms with E-state index in [9.17, 15) is 9.18 Å². The Morgan fingerprint density at radius 1 is 1.32 bits per heavy atom. The number of hydrogen-bond acceptors (Lipinski definition) is 3. The molecule has 0 saturated carbocycles. The number of halogens is 1. The van der Waals surface area contributed by atoms with E-state index in [0.29, 0.717) is 5.69 Å². The minimum atomic E-state index is -0.681. The number of aromatic nitrogens is 1. The molecule has 0 amide bonds. The van der Waals surface area contributed by atoms with Crippen molar-refractivity contribution in [2.45, 2.75) is 20.0 Å². The van der Waals surface area contributed by atoms with Crippen LogP contribution < -0.4 is 0 Å². The smallest absolute Gasteiger partial charge is 0.341 e. The van der Waals surface area contributed by atoms with Crippen LogP contribution in [0.3, 0.4) is 0 Å². The van der Waals surface area contributed by atoms with Crippen LogP contribution in [0.2, 0.25) is 0 Å². The molecule has 1 heterocycles. The number of esters is 1. The lowest BCUT2D eigenvalue weighted by atomic mass is 10.1. The normalized spacial score (nSPS) is 11.9. The van der Waals surface area contributed by atoms with Gasteiger partial charge < -0.3 is 4.74 Å². The number of benzene rings is 1. The minimum Gasteiger partial charge on any atom is -0.452 e. The Labute approximate surface area is 111 Å². The SMILES string of the molecule is Cc1ccc(F)c(C(=O)O[C@@H](C)c2ccccn2)c1. The molecule has 4 heteroatoms. The fraction of sp³-hybridized carbons (Fsp3) is 0.200. The lowest BCUT2D eigenvalue weighted by Gasteiger charge is -2.13. The van der Waals surface area contributed by atoms with Gasteiger partial charge in [0, 0.05) is 6.20 Å². The van der Waals surface area contributed by atoms with Gasteiger partial charge in [-0.1, -0.05) is 17.7 Å². The van der Waals surface area contributed by atoms with Crippen molar-refractivity contribution >= 4 is 5.97 Å². The van der Waals surface area contributed by atoms with Crippen LogP contribution in [0, 0.1) is 12.7 Å². The predicted molar refractivity (Wildman–Crippen MR) is 69.2 cm³/mol. The van der Waals surface area contributed by atoms with Gasteiger partial charge >= 0.3 is 5.97 Å². The number of nitrogens with zero attached hydrogens (tertiary/aromatic N) is 1. The van der Waals surface area contributed by atoms with Crippen LogP contribution in [0.4, 0.5) is 4.39 Å². The summed E-state index contributed by atoms with van der Waals surface area (Å²) < 4.78 is 18.8. The Hall–Kier alpha value is -2.23. The molecule has 1 aromatic carbocycles. The van der Waals surface area contributed by atoms with Crippen LogP contribution in [-0.4, -0.2) is 11.0 Å². The lowest BCUT2D eigenvalue weighted by Crippen LogP contribution is -2.12. The summed E-state index contributed by atoms with van der Waals surface area (Å²) in [7, 11) is 0. The van der Waals surface area contributed by atoms with Gasteiger partial charge in [-0.3, -0.25) is 4.98 Å². The maximum atomic E-state index is 13.6. The molecule has 98 valence electrons. The third-order valence-corrected chi connectivity index (χ3v) is 2.73. The van der Waals surface area contributed by atoms with Gasteiger partial charge in [-0.15, -0.1) is 0 Å². The van der Waals surface area contributed by atoms with Crippen molar-refractivity contribution in [1.29, 1.82) is 0 Å². The number of aryl methyl sites for hydroxylation is 1. The molecule has 3 nitrogen and oxygen atoms in total. The molecule has 1 atom stereocenters. The molecule has 19 heavy (non-hydrogen) atoms. The van der Waals surface area contributed by atoms with Crippen molar-refractivity contribution in [2.75, 3.05) is 0 Å². The average Bonchev–Trinajstić information content (AvgIpc) is 2.42. The van der Waals surface area contributed by atoms with Crippen molar-refractivity contribution in [2.24, 2.45) is 0 Å².